The van der Waals surface area contributed by atoms with Crippen molar-refractivity contribution in [2.24, 2.45) is 5.92 Å². The summed E-state index contributed by atoms with van der Waals surface area (Å²) in [5.41, 5.74) is 1.34. The molecule has 1 aliphatic rings. The molecule has 1 N–H and O–H groups in total. The van der Waals surface area contributed by atoms with Gasteiger partial charge >= 0.3 is 0 Å². The molecule has 2 unspecified atom stereocenters. The van der Waals surface area contributed by atoms with Crippen LogP contribution in [0, 0.1) is 5.92 Å². The Morgan fingerprint density at radius 3 is 2.84 bits per heavy atom. The quantitative estimate of drug-likeness (QED) is 0.853. The highest BCUT2D eigenvalue weighted by Crippen LogP contribution is 2.39. The van der Waals surface area contributed by atoms with Crippen LogP contribution in [0.4, 0.5) is 0 Å². The highest BCUT2D eigenvalue weighted by Gasteiger charge is 2.34. The number of hydrogen-bond donors (Lipinski definition) is 1. The molecular formula is C16H26N2O. The van der Waals surface area contributed by atoms with Gasteiger partial charge in [-0.1, -0.05) is 25.1 Å². The van der Waals surface area contributed by atoms with Crippen LogP contribution in [0.25, 0.3) is 0 Å². The molecule has 0 saturated carbocycles. The summed E-state index contributed by atoms with van der Waals surface area (Å²) in [6.45, 7) is 8.24. The Kier molecular flexibility index (Phi) is 5.23. The number of ether oxygens (including phenoxy) is 1. The Labute approximate surface area is 116 Å². The molecule has 3 heteroatoms. The first kappa shape index (κ1) is 14.4. The van der Waals surface area contributed by atoms with Gasteiger partial charge in [0.25, 0.3) is 0 Å². The summed E-state index contributed by atoms with van der Waals surface area (Å²) in [4.78, 5) is 2.46. The molecule has 2 rings (SSSR count). The maximum absolute atomic E-state index is 5.80. The SMILES string of the molecule is CCNCC1CCN(C)C1c1ccccc1OCC. The van der Waals surface area contributed by atoms with Crippen molar-refractivity contribution in [2.75, 3.05) is 33.3 Å². The van der Waals surface area contributed by atoms with Crippen molar-refractivity contribution in [1.29, 1.82) is 0 Å². The van der Waals surface area contributed by atoms with E-state index in [-0.39, 0.29) is 0 Å². The zero-order valence-corrected chi connectivity index (χ0v) is 12.4. The fourth-order valence-electron chi connectivity index (χ4n) is 3.07. The molecule has 106 valence electrons. The summed E-state index contributed by atoms with van der Waals surface area (Å²) in [5.74, 6) is 1.72. The Morgan fingerprint density at radius 2 is 2.11 bits per heavy atom. The molecule has 19 heavy (non-hydrogen) atoms. The Morgan fingerprint density at radius 1 is 1.32 bits per heavy atom. The van der Waals surface area contributed by atoms with Gasteiger partial charge in [0.15, 0.2) is 0 Å². The lowest BCUT2D eigenvalue weighted by molar-refractivity contribution is 0.258. The first-order valence-corrected chi connectivity index (χ1v) is 7.40. The smallest absolute Gasteiger partial charge is 0.124 e. The summed E-state index contributed by atoms with van der Waals surface area (Å²) >= 11 is 0. The number of rotatable bonds is 6. The average molecular weight is 262 g/mol. The van der Waals surface area contributed by atoms with Gasteiger partial charge in [0.1, 0.15) is 5.75 Å². The minimum atomic E-state index is 0.474. The van der Waals surface area contributed by atoms with Crippen LogP contribution in [0.3, 0.4) is 0 Å². The van der Waals surface area contributed by atoms with Crippen molar-refractivity contribution in [2.45, 2.75) is 26.3 Å². The Balaban J connectivity index is 2.21. The maximum atomic E-state index is 5.80. The maximum Gasteiger partial charge on any atom is 0.124 e. The second kappa shape index (κ2) is 6.92. The number of para-hydroxylation sites is 1. The van der Waals surface area contributed by atoms with Crippen molar-refractivity contribution in [3.05, 3.63) is 29.8 Å². The standard InChI is InChI=1S/C16H26N2O/c1-4-17-12-13-10-11-18(3)16(13)14-8-6-7-9-15(14)19-5-2/h6-9,13,16-17H,4-5,10-12H2,1-3H3. The number of nitrogens with one attached hydrogen (secondary N) is 1. The van der Waals surface area contributed by atoms with Gasteiger partial charge in [-0.2, -0.15) is 0 Å². The first-order chi connectivity index (χ1) is 9.27. The predicted octanol–water partition coefficient (Wildman–Crippen LogP) is 2.69. The van der Waals surface area contributed by atoms with E-state index in [1.807, 2.05) is 6.92 Å². The average Bonchev–Trinajstić information content (AvgIpc) is 2.79. The van der Waals surface area contributed by atoms with Gasteiger partial charge < -0.3 is 10.1 Å². The van der Waals surface area contributed by atoms with Crippen LogP contribution in [-0.2, 0) is 0 Å². The van der Waals surface area contributed by atoms with Crippen LogP contribution < -0.4 is 10.1 Å². The highest BCUT2D eigenvalue weighted by molar-refractivity contribution is 5.37. The molecule has 0 aromatic heterocycles. The van der Waals surface area contributed by atoms with Crippen LogP contribution in [0.5, 0.6) is 5.75 Å². The van der Waals surface area contributed by atoms with Crippen LogP contribution in [0.15, 0.2) is 24.3 Å². The van der Waals surface area contributed by atoms with Crippen LogP contribution in [0.1, 0.15) is 31.9 Å². The third-order valence-electron chi connectivity index (χ3n) is 3.97. The van der Waals surface area contributed by atoms with E-state index in [0.29, 0.717) is 12.0 Å². The second-order valence-corrected chi connectivity index (χ2v) is 5.25. The monoisotopic (exact) mass is 262 g/mol. The van der Waals surface area contributed by atoms with Crippen molar-refractivity contribution >= 4 is 0 Å². The number of benzene rings is 1. The number of hydrogen-bond acceptors (Lipinski definition) is 3. The number of nitrogens with zero attached hydrogens (tertiary/aromatic N) is 1. The molecular weight excluding hydrogens is 236 g/mol. The van der Waals surface area contributed by atoms with E-state index in [2.05, 4.69) is 48.5 Å². The summed E-state index contributed by atoms with van der Waals surface area (Å²) in [7, 11) is 2.22. The second-order valence-electron chi connectivity index (χ2n) is 5.25. The van der Waals surface area contributed by atoms with E-state index in [9.17, 15) is 0 Å². The fourth-order valence-corrected chi connectivity index (χ4v) is 3.07. The minimum Gasteiger partial charge on any atom is -0.494 e. The van der Waals surface area contributed by atoms with Gasteiger partial charge in [0.05, 0.1) is 6.61 Å². The van der Waals surface area contributed by atoms with Crippen LogP contribution >= 0.6 is 0 Å². The first-order valence-electron chi connectivity index (χ1n) is 7.40. The van der Waals surface area contributed by atoms with Crippen molar-refractivity contribution in [1.82, 2.24) is 10.2 Å². The normalized spacial score (nSPS) is 23.7. The Bertz CT molecular complexity index is 394. The fraction of sp³-hybridized carbons (Fsp3) is 0.625. The van der Waals surface area contributed by atoms with E-state index >= 15 is 0 Å². The van der Waals surface area contributed by atoms with Crippen molar-refractivity contribution < 1.29 is 4.74 Å². The minimum absolute atomic E-state index is 0.474. The molecule has 0 radical (unpaired) electrons. The van der Waals surface area contributed by atoms with E-state index < -0.39 is 0 Å². The van der Waals surface area contributed by atoms with Gasteiger partial charge in [-0.25, -0.2) is 0 Å². The molecule has 0 spiro atoms. The van der Waals surface area contributed by atoms with Crippen molar-refractivity contribution in [3.8, 4) is 5.75 Å². The lowest BCUT2D eigenvalue weighted by atomic mass is 9.93. The molecule has 3 nitrogen and oxygen atoms in total. The predicted molar refractivity (Wildman–Crippen MR) is 79.6 cm³/mol. The van der Waals surface area contributed by atoms with E-state index in [0.717, 1.165) is 25.4 Å². The zero-order chi connectivity index (χ0) is 13.7. The summed E-state index contributed by atoms with van der Waals surface area (Å²) in [6, 6.07) is 8.96. The summed E-state index contributed by atoms with van der Waals surface area (Å²) < 4.78 is 5.80. The summed E-state index contributed by atoms with van der Waals surface area (Å²) in [6.07, 6.45) is 1.26. The third kappa shape index (κ3) is 3.28. The summed E-state index contributed by atoms with van der Waals surface area (Å²) in [5, 5.41) is 3.49. The van der Waals surface area contributed by atoms with E-state index in [1.165, 1.54) is 18.5 Å². The van der Waals surface area contributed by atoms with Gasteiger partial charge in [-0.05, 0) is 52.0 Å². The van der Waals surface area contributed by atoms with Crippen molar-refractivity contribution in [3.63, 3.8) is 0 Å². The van der Waals surface area contributed by atoms with Gasteiger partial charge in [-0.15, -0.1) is 0 Å². The van der Waals surface area contributed by atoms with Crippen LogP contribution in [0.2, 0.25) is 0 Å². The highest BCUT2D eigenvalue weighted by atomic mass is 16.5. The van der Waals surface area contributed by atoms with Gasteiger partial charge in [0.2, 0.25) is 0 Å². The molecule has 1 fully saturated rings. The molecule has 1 aromatic rings. The molecule has 1 heterocycles. The lowest BCUT2D eigenvalue weighted by Crippen LogP contribution is -2.28. The zero-order valence-electron chi connectivity index (χ0n) is 12.4. The molecule has 1 saturated heterocycles. The molecule has 2 atom stereocenters. The topological polar surface area (TPSA) is 24.5 Å². The lowest BCUT2D eigenvalue weighted by Gasteiger charge is -2.27. The third-order valence-corrected chi connectivity index (χ3v) is 3.97. The van der Waals surface area contributed by atoms with Crippen LogP contribution in [-0.4, -0.2) is 38.2 Å². The van der Waals surface area contributed by atoms with Gasteiger partial charge in [0, 0.05) is 11.6 Å². The molecule has 0 amide bonds. The van der Waals surface area contributed by atoms with Gasteiger partial charge in [-0.3, -0.25) is 4.90 Å². The Hall–Kier alpha value is -1.06. The molecule has 0 aliphatic carbocycles. The largest absolute Gasteiger partial charge is 0.494 e. The molecule has 0 bridgehead atoms. The molecule has 1 aliphatic heterocycles. The molecule has 1 aromatic carbocycles. The number of likely N-dealkylation sites (tertiary alicyclic amines) is 1. The van der Waals surface area contributed by atoms with E-state index in [1.54, 1.807) is 0 Å². The van der Waals surface area contributed by atoms with E-state index in [4.69, 9.17) is 4.74 Å².